The van der Waals surface area contributed by atoms with E-state index in [0.29, 0.717) is 22.7 Å². The molecule has 1 aromatic rings. The van der Waals surface area contributed by atoms with Crippen molar-refractivity contribution in [2.45, 2.75) is 39.7 Å². The molecule has 1 aromatic heterocycles. The predicted molar refractivity (Wildman–Crippen MR) is 96.4 cm³/mol. The summed E-state index contributed by atoms with van der Waals surface area (Å²) in [6.07, 6.45) is 4.65. The number of piperidine rings is 1. The Labute approximate surface area is 149 Å². The third kappa shape index (κ3) is 3.38. The zero-order chi connectivity index (χ0) is 17.4. The van der Waals surface area contributed by atoms with Crippen LogP contribution in [0.1, 0.15) is 42.9 Å². The van der Waals surface area contributed by atoms with E-state index in [9.17, 15) is 4.79 Å². The maximum atomic E-state index is 13.0. The molecular formula is C18H27ClN4O. The molecule has 0 N–H and O–H groups in total. The molecule has 4 heterocycles. The van der Waals surface area contributed by atoms with Gasteiger partial charge in [-0.15, -0.1) is 0 Å². The molecule has 2 atom stereocenters. The summed E-state index contributed by atoms with van der Waals surface area (Å²) < 4.78 is 1.68. The number of nitrogens with zero attached hydrogens (tertiary/aromatic N) is 4. The highest BCUT2D eigenvalue weighted by molar-refractivity contribution is 6.34. The molecule has 0 spiro atoms. The molecule has 3 aliphatic rings. The van der Waals surface area contributed by atoms with Gasteiger partial charge in [0.25, 0.3) is 5.91 Å². The van der Waals surface area contributed by atoms with Crippen LogP contribution >= 0.6 is 11.6 Å². The van der Waals surface area contributed by atoms with Gasteiger partial charge < -0.3 is 4.90 Å². The van der Waals surface area contributed by atoms with Crippen LogP contribution < -0.4 is 0 Å². The number of rotatable bonds is 3. The number of carbonyl (C=O) groups excluding carboxylic acids is 1. The summed E-state index contributed by atoms with van der Waals surface area (Å²) in [6, 6.07) is 0.437. The average Bonchev–Trinajstić information content (AvgIpc) is 2.76. The highest BCUT2D eigenvalue weighted by Crippen LogP contribution is 2.30. The third-order valence-electron chi connectivity index (χ3n) is 5.31. The zero-order valence-corrected chi connectivity index (χ0v) is 15.8. The van der Waals surface area contributed by atoms with Gasteiger partial charge in [0, 0.05) is 39.3 Å². The highest BCUT2D eigenvalue weighted by atomic mass is 35.5. The minimum Gasteiger partial charge on any atom is -0.335 e. The van der Waals surface area contributed by atoms with Crippen LogP contribution in [0, 0.1) is 12.8 Å². The molecule has 3 aliphatic heterocycles. The molecule has 2 bridgehead atoms. The second-order valence-corrected chi connectivity index (χ2v) is 7.79. The molecule has 1 amide bonds. The summed E-state index contributed by atoms with van der Waals surface area (Å²) >= 11 is 6.32. The number of carbonyl (C=O) groups is 1. The summed E-state index contributed by atoms with van der Waals surface area (Å²) in [5, 5.41) is 4.82. The average molecular weight is 351 g/mol. The number of halogens is 1. The fraction of sp³-hybridized carbons (Fsp3) is 0.667. The minimum absolute atomic E-state index is 0.0235. The molecule has 5 nitrogen and oxygen atoms in total. The number of hydrogen-bond acceptors (Lipinski definition) is 3. The van der Waals surface area contributed by atoms with E-state index in [1.54, 1.807) is 4.68 Å². The third-order valence-corrected chi connectivity index (χ3v) is 5.76. The van der Waals surface area contributed by atoms with E-state index >= 15 is 0 Å². The predicted octanol–water partition coefficient (Wildman–Crippen LogP) is 2.88. The lowest BCUT2D eigenvalue weighted by atomic mass is 9.95. The Balaban J connectivity index is 1.77. The molecule has 0 aromatic carbocycles. The van der Waals surface area contributed by atoms with E-state index in [1.807, 2.05) is 18.9 Å². The Morgan fingerprint density at radius 3 is 2.67 bits per heavy atom. The fourth-order valence-electron chi connectivity index (χ4n) is 3.74. The summed E-state index contributed by atoms with van der Waals surface area (Å²) in [7, 11) is 1.82. The first kappa shape index (κ1) is 17.5. The molecule has 0 aliphatic carbocycles. The zero-order valence-electron chi connectivity index (χ0n) is 15.0. The van der Waals surface area contributed by atoms with Crippen LogP contribution in [-0.4, -0.2) is 57.7 Å². The largest absolute Gasteiger partial charge is 0.335 e. The van der Waals surface area contributed by atoms with Crippen LogP contribution in [0.4, 0.5) is 0 Å². The minimum atomic E-state index is -0.0235. The Morgan fingerprint density at radius 2 is 2.04 bits per heavy atom. The van der Waals surface area contributed by atoms with Crippen LogP contribution in [0.25, 0.3) is 0 Å². The Hall–Kier alpha value is -1.33. The van der Waals surface area contributed by atoms with E-state index in [4.69, 9.17) is 11.6 Å². The monoisotopic (exact) mass is 350 g/mol. The van der Waals surface area contributed by atoms with Crippen molar-refractivity contribution in [2.75, 3.05) is 26.2 Å². The molecule has 0 radical (unpaired) electrons. The standard InChI is InChI=1S/C18H27ClN4O/c1-12(2)7-8-22-9-14-5-6-15(22)11-23(10-14)18(24)17-16(19)13(3)21(4)20-17/h7,14-15H,5-6,8-11H2,1-4H3/t14-,15-/m1/s1. The number of fused-ring (bicyclic) bond motifs is 4. The van der Waals surface area contributed by atoms with Crippen molar-refractivity contribution in [1.29, 1.82) is 0 Å². The Bertz CT molecular complexity index is 662. The van der Waals surface area contributed by atoms with Crippen molar-refractivity contribution in [3.8, 4) is 0 Å². The highest BCUT2D eigenvalue weighted by Gasteiger charge is 2.37. The molecule has 3 saturated heterocycles. The molecule has 0 saturated carbocycles. The van der Waals surface area contributed by atoms with Crippen LogP contribution in [0.5, 0.6) is 0 Å². The number of aryl methyl sites for hydroxylation is 1. The van der Waals surface area contributed by atoms with E-state index in [2.05, 4.69) is 29.9 Å². The summed E-state index contributed by atoms with van der Waals surface area (Å²) in [5.74, 6) is 0.520. The first-order valence-corrected chi connectivity index (χ1v) is 9.10. The maximum Gasteiger partial charge on any atom is 0.275 e. The van der Waals surface area contributed by atoms with E-state index in [-0.39, 0.29) is 5.91 Å². The fourth-order valence-corrected chi connectivity index (χ4v) is 3.98. The normalized spacial score (nSPS) is 24.1. The maximum absolute atomic E-state index is 13.0. The van der Waals surface area contributed by atoms with Gasteiger partial charge in [0.05, 0.1) is 10.7 Å². The summed E-state index contributed by atoms with van der Waals surface area (Å²) in [4.78, 5) is 17.5. The van der Waals surface area contributed by atoms with Gasteiger partial charge >= 0.3 is 0 Å². The molecule has 3 fully saturated rings. The quantitative estimate of drug-likeness (QED) is 0.787. The lowest BCUT2D eigenvalue weighted by Crippen LogP contribution is -2.44. The lowest BCUT2D eigenvalue weighted by Gasteiger charge is -2.35. The smallest absolute Gasteiger partial charge is 0.275 e. The molecular weight excluding hydrogens is 324 g/mol. The molecule has 24 heavy (non-hydrogen) atoms. The summed E-state index contributed by atoms with van der Waals surface area (Å²) in [5.41, 5.74) is 2.58. The van der Waals surface area contributed by atoms with Crippen molar-refractivity contribution >= 4 is 17.5 Å². The van der Waals surface area contributed by atoms with Gasteiger partial charge in [0.1, 0.15) is 0 Å². The first-order chi connectivity index (χ1) is 11.4. The van der Waals surface area contributed by atoms with Crippen molar-refractivity contribution in [1.82, 2.24) is 19.6 Å². The number of hydrogen-bond donors (Lipinski definition) is 0. The lowest BCUT2D eigenvalue weighted by molar-refractivity contribution is 0.0734. The molecule has 6 heteroatoms. The Morgan fingerprint density at radius 1 is 1.29 bits per heavy atom. The van der Waals surface area contributed by atoms with Gasteiger partial charge in [-0.2, -0.15) is 5.10 Å². The molecule has 4 rings (SSSR count). The van der Waals surface area contributed by atoms with Crippen molar-refractivity contribution in [3.05, 3.63) is 28.1 Å². The van der Waals surface area contributed by atoms with Gasteiger partial charge in [0.15, 0.2) is 5.69 Å². The number of amides is 1. The molecule has 132 valence electrons. The van der Waals surface area contributed by atoms with E-state index in [0.717, 1.165) is 31.9 Å². The topological polar surface area (TPSA) is 41.4 Å². The first-order valence-electron chi connectivity index (χ1n) is 8.72. The van der Waals surface area contributed by atoms with Crippen LogP contribution in [0.15, 0.2) is 11.6 Å². The van der Waals surface area contributed by atoms with Gasteiger partial charge in [-0.1, -0.05) is 23.3 Å². The Kier molecular flexibility index (Phi) is 5.02. The van der Waals surface area contributed by atoms with Gasteiger partial charge in [-0.05, 0) is 39.5 Å². The van der Waals surface area contributed by atoms with E-state index in [1.165, 1.54) is 18.4 Å². The summed E-state index contributed by atoms with van der Waals surface area (Å²) in [6.45, 7) is 9.81. The van der Waals surface area contributed by atoms with Crippen molar-refractivity contribution in [2.24, 2.45) is 13.0 Å². The molecule has 0 unspecified atom stereocenters. The van der Waals surface area contributed by atoms with Crippen LogP contribution in [-0.2, 0) is 7.05 Å². The number of allylic oxidation sites excluding steroid dienone is 1. The van der Waals surface area contributed by atoms with E-state index < -0.39 is 0 Å². The van der Waals surface area contributed by atoms with Crippen LogP contribution in [0.3, 0.4) is 0 Å². The second-order valence-electron chi connectivity index (χ2n) is 7.41. The van der Waals surface area contributed by atoms with Gasteiger partial charge in [0.2, 0.25) is 0 Å². The SMILES string of the molecule is CC(C)=CCN1C[C@H]2CC[C@@H]1CN(C(=O)c1nn(C)c(C)c1Cl)C2. The van der Waals surface area contributed by atoms with Crippen LogP contribution in [0.2, 0.25) is 5.02 Å². The van der Waals surface area contributed by atoms with Gasteiger partial charge in [-0.25, -0.2) is 0 Å². The second kappa shape index (κ2) is 6.89. The van der Waals surface area contributed by atoms with Gasteiger partial charge in [-0.3, -0.25) is 14.4 Å². The number of aromatic nitrogens is 2. The van der Waals surface area contributed by atoms with Crippen molar-refractivity contribution in [3.63, 3.8) is 0 Å². The van der Waals surface area contributed by atoms with Crippen molar-refractivity contribution < 1.29 is 4.79 Å².